The van der Waals surface area contributed by atoms with Crippen LogP contribution in [0.15, 0.2) is 39.3 Å². The number of benzene rings is 1. The number of unbranched alkanes of at least 4 members (excludes halogenated alkanes) is 1. The molecule has 0 fully saturated rings. The molecule has 0 aliphatic rings. The Hall–Kier alpha value is -2.15. The lowest BCUT2D eigenvalue weighted by Gasteiger charge is -2.22. The largest absolute Gasteiger partial charge is 0.360 e. The molecule has 2 amide bonds. The Morgan fingerprint density at radius 1 is 1.33 bits per heavy atom. The number of nitrogens with one attached hydrogen (secondary N) is 1. The predicted molar refractivity (Wildman–Crippen MR) is 94.8 cm³/mol. The van der Waals surface area contributed by atoms with Gasteiger partial charge in [-0.1, -0.05) is 30.6 Å². The quantitative estimate of drug-likeness (QED) is 0.778. The molecule has 0 radical (unpaired) electrons. The van der Waals surface area contributed by atoms with Crippen LogP contribution in [0, 0.1) is 6.92 Å². The van der Waals surface area contributed by atoms with Gasteiger partial charge in [0, 0.05) is 17.1 Å². The minimum absolute atomic E-state index is 0.0356. The van der Waals surface area contributed by atoms with Gasteiger partial charge in [-0.2, -0.15) is 0 Å². The zero-order valence-corrected chi connectivity index (χ0v) is 15.3. The molecule has 0 atom stereocenters. The van der Waals surface area contributed by atoms with Crippen molar-refractivity contribution in [3.8, 4) is 0 Å². The molecule has 0 aliphatic heterocycles. The number of aromatic nitrogens is 1. The molecule has 6 nitrogen and oxygen atoms in total. The van der Waals surface area contributed by atoms with E-state index < -0.39 is 0 Å². The molecule has 7 heteroatoms. The monoisotopic (exact) mass is 393 g/mol. The molecule has 24 heavy (non-hydrogen) atoms. The minimum atomic E-state index is -0.306. The topological polar surface area (TPSA) is 75.4 Å². The van der Waals surface area contributed by atoms with E-state index in [4.69, 9.17) is 4.52 Å². The summed E-state index contributed by atoms with van der Waals surface area (Å²) in [7, 11) is 0. The average Bonchev–Trinajstić information content (AvgIpc) is 2.96. The molecule has 0 bridgehead atoms. The number of hydrogen-bond donors (Lipinski definition) is 1. The molecule has 0 saturated carbocycles. The molecule has 0 saturated heterocycles. The van der Waals surface area contributed by atoms with E-state index in [1.807, 2.05) is 19.1 Å². The smallest absolute Gasteiger partial charge is 0.255 e. The lowest BCUT2D eigenvalue weighted by molar-refractivity contribution is -0.117. The van der Waals surface area contributed by atoms with Crippen molar-refractivity contribution in [3.05, 3.63) is 46.1 Å². The summed E-state index contributed by atoms with van der Waals surface area (Å²) in [4.78, 5) is 26.5. The van der Waals surface area contributed by atoms with E-state index in [0.717, 1.165) is 12.8 Å². The van der Waals surface area contributed by atoms with Gasteiger partial charge in [0.1, 0.15) is 12.3 Å². The van der Waals surface area contributed by atoms with Crippen LogP contribution < -0.4 is 5.32 Å². The van der Waals surface area contributed by atoms with E-state index in [9.17, 15) is 9.59 Å². The normalized spacial score (nSPS) is 10.5. The Balaban J connectivity index is 2.08. The Morgan fingerprint density at radius 2 is 2.08 bits per heavy atom. The van der Waals surface area contributed by atoms with Crippen LogP contribution in [0.3, 0.4) is 0 Å². The summed E-state index contributed by atoms with van der Waals surface area (Å²) >= 11 is 3.39. The molecule has 0 aliphatic carbocycles. The van der Waals surface area contributed by atoms with E-state index in [0.29, 0.717) is 28.2 Å². The van der Waals surface area contributed by atoms with Crippen molar-refractivity contribution in [2.45, 2.75) is 26.7 Å². The average molecular weight is 394 g/mol. The van der Waals surface area contributed by atoms with E-state index in [2.05, 4.69) is 26.4 Å². The fourth-order valence-corrected chi connectivity index (χ4v) is 2.64. The van der Waals surface area contributed by atoms with Crippen molar-refractivity contribution in [1.82, 2.24) is 10.1 Å². The van der Waals surface area contributed by atoms with Gasteiger partial charge in [0.15, 0.2) is 5.82 Å². The zero-order chi connectivity index (χ0) is 17.5. The summed E-state index contributed by atoms with van der Waals surface area (Å²) in [6, 6.07) is 8.82. The first-order chi connectivity index (χ1) is 11.5. The molecular weight excluding hydrogens is 374 g/mol. The maximum Gasteiger partial charge on any atom is 0.255 e. The number of hydrogen-bond acceptors (Lipinski definition) is 4. The number of carbonyl (C=O) groups excluding carboxylic acids is 2. The molecule has 128 valence electrons. The molecule has 1 aromatic carbocycles. The third-order valence-electron chi connectivity index (χ3n) is 3.40. The van der Waals surface area contributed by atoms with Gasteiger partial charge < -0.3 is 14.7 Å². The summed E-state index contributed by atoms with van der Waals surface area (Å²) in [5.74, 6) is 0.473. The van der Waals surface area contributed by atoms with Crippen LogP contribution >= 0.6 is 15.9 Å². The summed E-state index contributed by atoms with van der Waals surface area (Å²) in [6.07, 6.45) is 1.76. The maximum absolute atomic E-state index is 12.7. The van der Waals surface area contributed by atoms with Gasteiger partial charge in [-0.15, -0.1) is 0 Å². The number of amides is 2. The van der Waals surface area contributed by atoms with Gasteiger partial charge in [0.05, 0.1) is 5.56 Å². The Morgan fingerprint density at radius 3 is 2.71 bits per heavy atom. The standard InChI is InChI=1S/C17H20BrN3O3/c1-3-4-9-21(17(23)13-7-5-6-8-14(13)18)11-16(22)19-15-10-12(2)24-20-15/h5-8,10H,3-4,9,11H2,1-2H3,(H,19,20,22). The summed E-state index contributed by atoms with van der Waals surface area (Å²) in [6.45, 7) is 4.26. The van der Waals surface area contributed by atoms with Crippen LogP contribution in [0.5, 0.6) is 0 Å². The summed E-state index contributed by atoms with van der Waals surface area (Å²) in [5, 5.41) is 6.37. The maximum atomic E-state index is 12.7. The van der Waals surface area contributed by atoms with Crippen molar-refractivity contribution in [2.75, 3.05) is 18.4 Å². The van der Waals surface area contributed by atoms with Gasteiger partial charge in [-0.05, 0) is 41.4 Å². The Kier molecular flexibility index (Phi) is 6.54. The highest BCUT2D eigenvalue weighted by Gasteiger charge is 2.20. The van der Waals surface area contributed by atoms with Gasteiger partial charge >= 0.3 is 0 Å². The molecule has 1 heterocycles. The first-order valence-corrected chi connectivity index (χ1v) is 8.57. The first kappa shape index (κ1) is 18.2. The number of carbonyl (C=O) groups is 2. The highest BCUT2D eigenvalue weighted by atomic mass is 79.9. The second kappa shape index (κ2) is 8.63. The fraction of sp³-hybridized carbons (Fsp3) is 0.353. The fourth-order valence-electron chi connectivity index (χ4n) is 2.19. The molecule has 2 rings (SSSR count). The van der Waals surface area contributed by atoms with Crippen LogP contribution in [0.1, 0.15) is 35.9 Å². The Bertz CT molecular complexity index is 715. The molecule has 1 aromatic heterocycles. The number of nitrogens with zero attached hydrogens (tertiary/aromatic N) is 2. The van der Waals surface area contributed by atoms with Crippen molar-refractivity contribution >= 4 is 33.6 Å². The van der Waals surface area contributed by atoms with E-state index in [1.165, 1.54) is 0 Å². The number of anilines is 1. The van der Waals surface area contributed by atoms with Crippen LogP contribution in [0.25, 0.3) is 0 Å². The third kappa shape index (κ3) is 4.92. The highest BCUT2D eigenvalue weighted by molar-refractivity contribution is 9.10. The van der Waals surface area contributed by atoms with Crippen molar-refractivity contribution < 1.29 is 14.1 Å². The summed E-state index contributed by atoms with van der Waals surface area (Å²) in [5.41, 5.74) is 0.540. The lowest BCUT2D eigenvalue weighted by atomic mass is 10.2. The number of halogens is 1. The Labute approximate surface area is 149 Å². The molecule has 0 spiro atoms. The SMILES string of the molecule is CCCCN(CC(=O)Nc1cc(C)on1)C(=O)c1ccccc1Br. The van der Waals surface area contributed by atoms with Crippen molar-refractivity contribution in [3.63, 3.8) is 0 Å². The second-order valence-corrected chi connectivity index (χ2v) is 6.29. The van der Waals surface area contributed by atoms with Crippen LogP contribution in [-0.4, -0.2) is 35.0 Å². The molecule has 0 unspecified atom stereocenters. The predicted octanol–water partition coefficient (Wildman–Crippen LogP) is 3.63. The highest BCUT2D eigenvalue weighted by Crippen LogP contribution is 2.18. The molecule has 2 aromatic rings. The van der Waals surface area contributed by atoms with Crippen LogP contribution in [0.4, 0.5) is 5.82 Å². The molecule has 1 N–H and O–H groups in total. The lowest BCUT2D eigenvalue weighted by Crippen LogP contribution is -2.38. The van der Waals surface area contributed by atoms with Crippen LogP contribution in [0.2, 0.25) is 0 Å². The number of aryl methyl sites for hydroxylation is 1. The van der Waals surface area contributed by atoms with E-state index in [1.54, 1.807) is 30.0 Å². The van der Waals surface area contributed by atoms with Crippen LogP contribution in [-0.2, 0) is 4.79 Å². The van der Waals surface area contributed by atoms with Gasteiger partial charge in [0.25, 0.3) is 5.91 Å². The zero-order valence-electron chi connectivity index (χ0n) is 13.7. The van der Waals surface area contributed by atoms with Gasteiger partial charge in [0.2, 0.25) is 5.91 Å². The second-order valence-electron chi connectivity index (χ2n) is 5.43. The van der Waals surface area contributed by atoms with E-state index >= 15 is 0 Å². The minimum Gasteiger partial charge on any atom is -0.360 e. The first-order valence-electron chi connectivity index (χ1n) is 7.78. The number of rotatable bonds is 7. The van der Waals surface area contributed by atoms with Crippen molar-refractivity contribution in [1.29, 1.82) is 0 Å². The molecular formula is C17H20BrN3O3. The third-order valence-corrected chi connectivity index (χ3v) is 4.09. The van der Waals surface area contributed by atoms with Gasteiger partial charge in [-0.25, -0.2) is 0 Å². The van der Waals surface area contributed by atoms with E-state index in [-0.39, 0.29) is 18.4 Å². The van der Waals surface area contributed by atoms with Crippen molar-refractivity contribution in [2.24, 2.45) is 0 Å². The summed E-state index contributed by atoms with van der Waals surface area (Å²) < 4.78 is 5.63. The van der Waals surface area contributed by atoms with Gasteiger partial charge in [-0.3, -0.25) is 9.59 Å².